The third kappa shape index (κ3) is 4.52. The molecular weight excluding hydrogens is 776 g/mol. The molecule has 0 unspecified atom stereocenters. The van der Waals surface area contributed by atoms with E-state index in [1.54, 1.807) is 0 Å². The van der Waals surface area contributed by atoms with Gasteiger partial charge < -0.3 is 18.2 Å². The Balaban J connectivity index is 1.15. The Hall–Kier alpha value is -6.76. The highest BCUT2D eigenvalue weighted by Crippen LogP contribution is 2.49. The lowest BCUT2D eigenvalue weighted by Gasteiger charge is -2.42. The summed E-state index contributed by atoms with van der Waals surface area (Å²) in [6, 6.07) is 52.6. The Morgan fingerprint density at radius 2 is 1.15 bits per heavy atom. The summed E-state index contributed by atoms with van der Waals surface area (Å²) in [6.07, 6.45) is 0. The van der Waals surface area contributed by atoms with Crippen molar-refractivity contribution in [3.05, 3.63) is 151 Å². The number of hydrogen-bond donors (Lipinski definition) is 0. The van der Waals surface area contributed by atoms with Gasteiger partial charge in [-0.3, -0.25) is 0 Å². The summed E-state index contributed by atoms with van der Waals surface area (Å²) in [7, 11) is 0. The number of anilines is 2. The first-order valence-corrected chi connectivity index (χ1v) is 22.6. The molecule has 6 heterocycles. The van der Waals surface area contributed by atoms with Crippen LogP contribution in [0.2, 0.25) is 0 Å². The summed E-state index contributed by atoms with van der Waals surface area (Å²) >= 11 is 1.88. The summed E-state index contributed by atoms with van der Waals surface area (Å²) in [4.78, 5) is 2.61. The normalized spacial score (nSPS) is 13.9. The Labute approximate surface area is 362 Å². The molecule has 62 heavy (non-hydrogen) atoms. The Morgan fingerprint density at radius 1 is 0.468 bits per heavy atom. The summed E-state index contributed by atoms with van der Waals surface area (Å²) in [6.45, 7) is 13.6. The smallest absolute Gasteiger partial charge is 0.333 e. The molecule has 0 fully saturated rings. The van der Waals surface area contributed by atoms with E-state index in [9.17, 15) is 0 Å². The minimum Gasteiger partial charge on any atom is -0.456 e. The largest absolute Gasteiger partial charge is 0.456 e. The second kappa shape index (κ2) is 11.6. The van der Waals surface area contributed by atoms with E-state index in [1.807, 2.05) is 11.3 Å². The molecule has 0 atom stereocenters. The molecule has 2 aliphatic rings. The van der Waals surface area contributed by atoms with Gasteiger partial charge in [-0.25, -0.2) is 0 Å². The van der Waals surface area contributed by atoms with Gasteiger partial charge in [-0.1, -0.05) is 114 Å². The highest BCUT2D eigenvalue weighted by atomic mass is 32.1. The van der Waals surface area contributed by atoms with Gasteiger partial charge in [-0.2, -0.15) is 0 Å². The van der Waals surface area contributed by atoms with Gasteiger partial charge in [0.05, 0.1) is 11.0 Å². The molecule has 12 aromatic rings. The Kier molecular flexibility index (Phi) is 6.52. The van der Waals surface area contributed by atoms with Crippen LogP contribution in [0.4, 0.5) is 11.4 Å². The maximum Gasteiger partial charge on any atom is 0.333 e. The SMILES string of the molecule is CC(C)(C)c1ccc(N2B3c4cc5c(cc4-n4c6cc7sc8ccccc8c7cc6c6ccc(c3c64)-c3cc4c(cc32)oc2ccc(C(C)(C)C)cc24)oc2ccccc25)cc1. The van der Waals surface area contributed by atoms with Gasteiger partial charge in [0.15, 0.2) is 0 Å². The van der Waals surface area contributed by atoms with Gasteiger partial charge in [0.1, 0.15) is 22.3 Å². The average molecular weight is 817 g/mol. The predicted molar refractivity (Wildman–Crippen MR) is 265 cm³/mol. The van der Waals surface area contributed by atoms with Gasteiger partial charge in [-0.05, 0) is 93.0 Å². The fraction of sp³-hybridized carbons (Fsp3) is 0.143. The van der Waals surface area contributed by atoms with Crippen LogP contribution in [0.3, 0.4) is 0 Å². The van der Waals surface area contributed by atoms with Crippen LogP contribution in [0.5, 0.6) is 0 Å². The van der Waals surface area contributed by atoms with Crippen LogP contribution in [0, 0.1) is 0 Å². The summed E-state index contributed by atoms with van der Waals surface area (Å²) in [5.74, 6) is 0. The molecule has 0 saturated heterocycles. The number of hydrogen-bond acceptors (Lipinski definition) is 4. The first-order valence-electron chi connectivity index (χ1n) is 21.8. The Morgan fingerprint density at radius 3 is 1.94 bits per heavy atom. The molecule has 0 saturated carbocycles. The van der Waals surface area contributed by atoms with Gasteiger partial charge >= 0.3 is 6.85 Å². The predicted octanol–water partition coefficient (Wildman–Crippen LogP) is 14.8. The molecular formula is C56H41BN2O2S. The third-order valence-corrected chi connectivity index (χ3v) is 15.2. The fourth-order valence-electron chi connectivity index (χ4n) is 11.0. The molecule has 0 radical (unpaired) electrons. The number of aromatic nitrogens is 1. The van der Waals surface area contributed by atoms with E-state index < -0.39 is 0 Å². The summed E-state index contributed by atoms with van der Waals surface area (Å²) in [5, 5.41) is 9.75. The molecule has 0 bridgehead atoms. The van der Waals surface area contributed by atoms with Crippen molar-refractivity contribution < 1.29 is 8.83 Å². The highest BCUT2D eigenvalue weighted by molar-refractivity contribution is 7.25. The van der Waals surface area contributed by atoms with E-state index in [0.717, 1.165) is 60.9 Å². The number of rotatable bonds is 1. The van der Waals surface area contributed by atoms with Crippen LogP contribution in [0.15, 0.2) is 148 Å². The minimum atomic E-state index is -0.136. The second-order valence-corrected chi connectivity index (χ2v) is 20.8. The standard InChI is InChI=1S/C56H41BN2O2S/c1-55(2,3)30-15-18-32(19-16-30)59-45-27-49-40(39-23-31(56(4,5)6)17-22-48(39)61-49)24-37(45)35-20-21-36-38-25-42-34-12-8-10-14-51(34)62-52(42)29-44(38)58-46-28-50-41(33-11-7-9-13-47(33)60-50)26-43(46)57(59)53(35)54(36)58/h7-29H,1-6H3. The van der Waals surface area contributed by atoms with E-state index in [0.29, 0.717) is 0 Å². The van der Waals surface area contributed by atoms with E-state index in [2.05, 4.69) is 190 Å². The maximum absolute atomic E-state index is 6.80. The number of fused-ring (bicyclic) bond motifs is 17. The quantitative estimate of drug-likeness (QED) is 0.155. The molecule has 0 aliphatic carbocycles. The molecule has 2 aliphatic heterocycles. The molecule has 0 amide bonds. The molecule has 8 aromatic carbocycles. The molecule has 296 valence electrons. The number of nitrogens with zero attached hydrogens (tertiary/aromatic N) is 2. The first-order chi connectivity index (χ1) is 30.0. The summed E-state index contributed by atoms with van der Waals surface area (Å²) < 4.78 is 18.7. The zero-order valence-electron chi connectivity index (χ0n) is 35.5. The van der Waals surface area contributed by atoms with Crippen LogP contribution < -0.4 is 15.7 Å². The highest BCUT2D eigenvalue weighted by Gasteiger charge is 2.45. The molecule has 4 nitrogen and oxygen atoms in total. The second-order valence-electron chi connectivity index (χ2n) is 19.7. The molecule has 4 aromatic heterocycles. The molecule has 6 heteroatoms. The topological polar surface area (TPSA) is 34.5 Å². The monoisotopic (exact) mass is 816 g/mol. The van der Waals surface area contributed by atoms with Crippen molar-refractivity contribution in [3.63, 3.8) is 0 Å². The van der Waals surface area contributed by atoms with Gasteiger partial charge in [0, 0.05) is 87.2 Å². The van der Waals surface area contributed by atoms with Crippen molar-refractivity contribution in [2.75, 3.05) is 4.81 Å². The lowest BCUT2D eigenvalue weighted by molar-refractivity contribution is 0.590. The van der Waals surface area contributed by atoms with Crippen molar-refractivity contribution >= 4 is 126 Å². The summed E-state index contributed by atoms with van der Waals surface area (Å²) in [5.41, 5.74) is 17.3. The molecule has 14 rings (SSSR count). The van der Waals surface area contributed by atoms with Crippen molar-refractivity contribution in [3.8, 4) is 16.8 Å². The van der Waals surface area contributed by atoms with Crippen molar-refractivity contribution in [2.45, 2.75) is 52.4 Å². The zero-order valence-corrected chi connectivity index (χ0v) is 36.3. The van der Waals surface area contributed by atoms with Crippen molar-refractivity contribution in [2.24, 2.45) is 0 Å². The van der Waals surface area contributed by atoms with Crippen LogP contribution >= 0.6 is 11.3 Å². The lowest BCUT2D eigenvalue weighted by atomic mass is 9.44. The molecule has 0 spiro atoms. The molecule has 0 N–H and O–H groups in total. The van der Waals surface area contributed by atoms with E-state index in [4.69, 9.17) is 8.83 Å². The maximum atomic E-state index is 6.80. The van der Waals surface area contributed by atoms with Crippen LogP contribution in [-0.4, -0.2) is 11.4 Å². The van der Waals surface area contributed by atoms with Crippen LogP contribution in [0.25, 0.3) is 103 Å². The number of furan rings is 2. The van der Waals surface area contributed by atoms with Gasteiger partial charge in [-0.15, -0.1) is 11.3 Å². The number of thiophene rings is 1. The van der Waals surface area contributed by atoms with Crippen LogP contribution in [-0.2, 0) is 10.8 Å². The van der Waals surface area contributed by atoms with Gasteiger partial charge in [0.25, 0.3) is 0 Å². The lowest BCUT2D eigenvalue weighted by Crippen LogP contribution is -2.60. The van der Waals surface area contributed by atoms with Crippen molar-refractivity contribution in [1.82, 2.24) is 4.57 Å². The first kappa shape index (κ1) is 34.9. The third-order valence-electron chi connectivity index (χ3n) is 14.1. The fourth-order valence-corrected chi connectivity index (χ4v) is 12.1. The number of benzene rings is 8. The zero-order chi connectivity index (χ0) is 41.6. The number of para-hydroxylation sites is 1. The van der Waals surface area contributed by atoms with E-state index >= 15 is 0 Å². The van der Waals surface area contributed by atoms with E-state index in [1.165, 1.54) is 75.2 Å². The van der Waals surface area contributed by atoms with Gasteiger partial charge in [0.2, 0.25) is 0 Å². The average Bonchev–Trinajstić information content (AvgIpc) is 4.01. The minimum absolute atomic E-state index is 0.0117. The van der Waals surface area contributed by atoms with Crippen LogP contribution in [0.1, 0.15) is 52.7 Å². The van der Waals surface area contributed by atoms with Crippen molar-refractivity contribution in [1.29, 1.82) is 0 Å². The van der Waals surface area contributed by atoms with E-state index in [-0.39, 0.29) is 17.7 Å². The Bertz CT molecular complexity index is 3960.